The topological polar surface area (TPSA) is 80.0 Å². The standard InChI is InChI=1S/C19H24N4O2/c24-18(21-16-4-2-1-3-5-16)13-8-10-15(11-9-13)20-12-17-22-19(25-23-17)14-6-7-14/h8-11,14,16,20H,1-7,12H2,(H,21,24). The Labute approximate surface area is 147 Å². The number of anilines is 1. The van der Waals surface area contributed by atoms with Crippen LogP contribution in [-0.2, 0) is 6.54 Å². The highest BCUT2D eigenvalue weighted by Crippen LogP contribution is 2.38. The van der Waals surface area contributed by atoms with Crippen LogP contribution >= 0.6 is 0 Å². The zero-order chi connectivity index (χ0) is 17.1. The van der Waals surface area contributed by atoms with Crippen LogP contribution in [-0.4, -0.2) is 22.1 Å². The lowest BCUT2D eigenvalue weighted by molar-refractivity contribution is 0.0928. The summed E-state index contributed by atoms with van der Waals surface area (Å²) >= 11 is 0. The fourth-order valence-corrected chi connectivity index (χ4v) is 3.27. The average molecular weight is 340 g/mol. The molecule has 2 saturated carbocycles. The minimum Gasteiger partial charge on any atom is -0.378 e. The molecule has 1 amide bonds. The Morgan fingerprint density at radius 1 is 1.08 bits per heavy atom. The van der Waals surface area contributed by atoms with E-state index < -0.39 is 0 Å². The number of hydrogen-bond donors (Lipinski definition) is 2. The van der Waals surface area contributed by atoms with Crippen molar-refractivity contribution in [2.24, 2.45) is 0 Å². The summed E-state index contributed by atoms with van der Waals surface area (Å²) in [5, 5.41) is 10.4. The quantitative estimate of drug-likeness (QED) is 0.839. The minimum atomic E-state index is 0.0192. The molecule has 2 fully saturated rings. The Morgan fingerprint density at radius 2 is 1.84 bits per heavy atom. The molecule has 0 unspecified atom stereocenters. The van der Waals surface area contributed by atoms with Gasteiger partial charge in [0.05, 0.1) is 6.54 Å². The zero-order valence-electron chi connectivity index (χ0n) is 14.3. The number of rotatable bonds is 6. The SMILES string of the molecule is O=C(NC1CCCCC1)c1ccc(NCc2noc(C3CC3)n2)cc1. The Kier molecular flexibility index (Phi) is 4.68. The Balaban J connectivity index is 1.29. The summed E-state index contributed by atoms with van der Waals surface area (Å²) in [5.41, 5.74) is 1.64. The molecule has 4 rings (SSSR count). The van der Waals surface area contributed by atoms with Crippen LogP contribution < -0.4 is 10.6 Å². The molecule has 0 atom stereocenters. The normalized spacial score (nSPS) is 18.1. The van der Waals surface area contributed by atoms with Crippen LogP contribution in [0.2, 0.25) is 0 Å². The molecule has 25 heavy (non-hydrogen) atoms. The number of benzene rings is 1. The van der Waals surface area contributed by atoms with E-state index in [9.17, 15) is 4.79 Å². The molecular formula is C19H24N4O2. The summed E-state index contributed by atoms with van der Waals surface area (Å²) in [6, 6.07) is 7.87. The first kappa shape index (κ1) is 16.1. The molecule has 0 saturated heterocycles. The van der Waals surface area contributed by atoms with Crippen LogP contribution in [0.5, 0.6) is 0 Å². The molecule has 2 aliphatic rings. The van der Waals surface area contributed by atoms with Crippen LogP contribution in [0, 0.1) is 0 Å². The second-order valence-electron chi connectivity index (χ2n) is 7.06. The molecule has 0 radical (unpaired) electrons. The summed E-state index contributed by atoms with van der Waals surface area (Å²) < 4.78 is 5.25. The molecule has 0 aliphatic heterocycles. The van der Waals surface area contributed by atoms with Gasteiger partial charge in [-0.1, -0.05) is 24.4 Å². The number of nitrogens with zero attached hydrogens (tertiary/aromatic N) is 2. The smallest absolute Gasteiger partial charge is 0.251 e. The number of nitrogens with one attached hydrogen (secondary N) is 2. The van der Waals surface area contributed by atoms with E-state index in [1.807, 2.05) is 24.3 Å². The number of amides is 1. The van der Waals surface area contributed by atoms with E-state index >= 15 is 0 Å². The highest BCUT2D eigenvalue weighted by Gasteiger charge is 2.29. The van der Waals surface area contributed by atoms with Crippen molar-refractivity contribution in [2.75, 3.05) is 5.32 Å². The van der Waals surface area contributed by atoms with E-state index in [4.69, 9.17) is 4.52 Å². The summed E-state index contributed by atoms with van der Waals surface area (Å²) in [6.07, 6.45) is 8.21. The maximum absolute atomic E-state index is 12.3. The second kappa shape index (κ2) is 7.25. The van der Waals surface area contributed by atoms with Gasteiger partial charge in [-0.2, -0.15) is 4.98 Å². The van der Waals surface area contributed by atoms with Crippen LogP contribution in [0.15, 0.2) is 28.8 Å². The molecule has 2 aliphatic carbocycles. The lowest BCUT2D eigenvalue weighted by atomic mass is 9.95. The maximum Gasteiger partial charge on any atom is 0.251 e. The van der Waals surface area contributed by atoms with Crippen molar-refractivity contribution in [3.05, 3.63) is 41.5 Å². The van der Waals surface area contributed by atoms with Gasteiger partial charge in [0.1, 0.15) is 0 Å². The highest BCUT2D eigenvalue weighted by molar-refractivity contribution is 5.94. The van der Waals surface area contributed by atoms with E-state index in [1.165, 1.54) is 19.3 Å². The van der Waals surface area contributed by atoms with Crippen molar-refractivity contribution < 1.29 is 9.32 Å². The van der Waals surface area contributed by atoms with Crippen molar-refractivity contribution in [1.82, 2.24) is 15.5 Å². The van der Waals surface area contributed by atoms with E-state index in [0.717, 1.165) is 37.3 Å². The van der Waals surface area contributed by atoms with Crippen LogP contribution in [0.25, 0.3) is 0 Å². The lowest BCUT2D eigenvalue weighted by Crippen LogP contribution is -2.36. The molecule has 132 valence electrons. The minimum absolute atomic E-state index is 0.0192. The van der Waals surface area contributed by atoms with E-state index in [1.54, 1.807) is 0 Å². The van der Waals surface area contributed by atoms with Crippen LogP contribution in [0.4, 0.5) is 5.69 Å². The number of aromatic nitrogens is 2. The van der Waals surface area contributed by atoms with E-state index in [-0.39, 0.29) is 5.91 Å². The van der Waals surface area contributed by atoms with Crippen LogP contribution in [0.1, 0.15) is 72.9 Å². The molecule has 2 N–H and O–H groups in total. The molecule has 0 spiro atoms. The predicted molar refractivity (Wildman–Crippen MR) is 94.4 cm³/mol. The third kappa shape index (κ3) is 4.18. The van der Waals surface area contributed by atoms with Gasteiger partial charge in [0.25, 0.3) is 5.91 Å². The fourth-order valence-electron chi connectivity index (χ4n) is 3.27. The van der Waals surface area contributed by atoms with Gasteiger partial charge in [0.15, 0.2) is 5.82 Å². The molecule has 2 aromatic rings. The monoisotopic (exact) mass is 340 g/mol. The third-order valence-corrected chi connectivity index (χ3v) is 4.95. The molecule has 0 bridgehead atoms. The van der Waals surface area contributed by atoms with Gasteiger partial charge in [-0.05, 0) is 49.9 Å². The van der Waals surface area contributed by atoms with Crippen LogP contribution in [0.3, 0.4) is 0 Å². The van der Waals surface area contributed by atoms with Gasteiger partial charge in [0.2, 0.25) is 5.89 Å². The molecule has 1 heterocycles. The predicted octanol–water partition coefficient (Wildman–Crippen LogP) is 3.62. The largest absolute Gasteiger partial charge is 0.378 e. The summed E-state index contributed by atoms with van der Waals surface area (Å²) in [7, 11) is 0. The Morgan fingerprint density at radius 3 is 2.56 bits per heavy atom. The van der Waals surface area contributed by atoms with Gasteiger partial charge < -0.3 is 15.2 Å². The zero-order valence-corrected chi connectivity index (χ0v) is 14.3. The van der Waals surface area contributed by atoms with Crippen molar-refractivity contribution >= 4 is 11.6 Å². The van der Waals surface area contributed by atoms with Gasteiger partial charge in [-0.25, -0.2) is 0 Å². The average Bonchev–Trinajstić information content (AvgIpc) is 3.39. The van der Waals surface area contributed by atoms with Crippen molar-refractivity contribution in [1.29, 1.82) is 0 Å². The highest BCUT2D eigenvalue weighted by atomic mass is 16.5. The van der Waals surface area contributed by atoms with Gasteiger partial charge in [-0.15, -0.1) is 0 Å². The molecule has 6 nitrogen and oxygen atoms in total. The van der Waals surface area contributed by atoms with Crippen molar-refractivity contribution in [2.45, 2.75) is 63.5 Å². The molecule has 1 aromatic carbocycles. The maximum atomic E-state index is 12.3. The summed E-state index contributed by atoms with van der Waals surface area (Å²) in [5.74, 6) is 1.92. The van der Waals surface area contributed by atoms with Gasteiger partial charge in [0, 0.05) is 23.2 Å². The summed E-state index contributed by atoms with van der Waals surface area (Å²) in [6.45, 7) is 0.518. The van der Waals surface area contributed by atoms with Gasteiger partial charge >= 0.3 is 0 Å². The Bertz CT molecular complexity index is 715. The number of hydrogen-bond acceptors (Lipinski definition) is 5. The summed E-state index contributed by atoms with van der Waals surface area (Å²) in [4.78, 5) is 16.7. The van der Waals surface area contributed by atoms with Crippen molar-refractivity contribution in [3.8, 4) is 0 Å². The first-order chi connectivity index (χ1) is 12.3. The first-order valence-corrected chi connectivity index (χ1v) is 9.25. The fraction of sp³-hybridized carbons (Fsp3) is 0.526. The Hall–Kier alpha value is -2.37. The molecule has 1 aromatic heterocycles. The molecule has 6 heteroatoms. The third-order valence-electron chi connectivity index (χ3n) is 4.95. The number of carbonyl (C=O) groups is 1. The van der Waals surface area contributed by atoms with Crippen molar-refractivity contribution in [3.63, 3.8) is 0 Å². The van der Waals surface area contributed by atoms with E-state index in [0.29, 0.717) is 29.9 Å². The molecular weight excluding hydrogens is 316 g/mol. The second-order valence-corrected chi connectivity index (χ2v) is 7.06. The van der Waals surface area contributed by atoms with E-state index in [2.05, 4.69) is 20.8 Å². The first-order valence-electron chi connectivity index (χ1n) is 9.25. The lowest BCUT2D eigenvalue weighted by Gasteiger charge is -2.22. The number of carbonyl (C=O) groups excluding carboxylic acids is 1. The van der Waals surface area contributed by atoms with Gasteiger partial charge in [-0.3, -0.25) is 4.79 Å².